The number of ether oxygens (including phenoxy) is 1. The molecule has 5 aromatic rings. The predicted octanol–water partition coefficient (Wildman–Crippen LogP) is 3.42. The lowest BCUT2D eigenvalue weighted by Crippen LogP contribution is -2.36. The summed E-state index contributed by atoms with van der Waals surface area (Å²) in [6.45, 7) is 2.74. The third-order valence-electron chi connectivity index (χ3n) is 6.13. The Balaban J connectivity index is 1.25. The molecule has 0 saturated carbocycles. The zero-order chi connectivity index (χ0) is 25.4. The summed E-state index contributed by atoms with van der Waals surface area (Å²) >= 11 is 0. The highest BCUT2D eigenvalue weighted by Crippen LogP contribution is 2.30. The first-order valence-corrected chi connectivity index (χ1v) is 11.8. The van der Waals surface area contributed by atoms with Gasteiger partial charge in [0.25, 0.3) is 5.91 Å². The largest absolute Gasteiger partial charge is 0.378 e. The van der Waals surface area contributed by atoms with Crippen LogP contribution in [0.15, 0.2) is 67.1 Å². The molecule has 0 aliphatic carbocycles. The lowest BCUT2D eigenvalue weighted by Gasteiger charge is -2.27. The van der Waals surface area contributed by atoms with Gasteiger partial charge in [-0.1, -0.05) is 0 Å². The zero-order valence-electron chi connectivity index (χ0n) is 20.0. The molecule has 10 nitrogen and oxygen atoms in total. The number of aromatic nitrogens is 6. The SMILES string of the molecule is Cn1cc(-c2ccc3nc(NC(=O)c4ccnc(N5CCOCC5)c4)cn3n2)c(-c2ccc(F)cc2)n1. The fourth-order valence-corrected chi connectivity index (χ4v) is 4.30. The van der Waals surface area contributed by atoms with Crippen LogP contribution in [-0.2, 0) is 11.8 Å². The predicted molar refractivity (Wildman–Crippen MR) is 136 cm³/mol. The maximum absolute atomic E-state index is 13.4. The van der Waals surface area contributed by atoms with Crippen molar-refractivity contribution >= 4 is 23.2 Å². The maximum atomic E-state index is 13.4. The number of morpholine rings is 1. The number of hydrogen-bond donors (Lipinski definition) is 1. The second kappa shape index (κ2) is 9.43. The Bertz CT molecular complexity index is 1590. The summed E-state index contributed by atoms with van der Waals surface area (Å²) in [7, 11) is 1.82. The number of anilines is 2. The number of carbonyl (C=O) groups excluding carboxylic acids is 1. The summed E-state index contributed by atoms with van der Waals surface area (Å²) in [5, 5.41) is 12.1. The minimum absolute atomic E-state index is 0.286. The molecule has 5 heterocycles. The van der Waals surface area contributed by atoms with E-state index in [-0.39, 0.29) is 11.7 Å². The van der Waals surface area contributed by atoms with Crippen LogP contribution < -0.4 is 10.2 Å². The molecule has 1 N–H and O–H groups in total. The van der Waals surface area contributed by atoms with E-state index < -0.39 is 0 Å². The first-order chi connectivity index (χ1) is 18.0. The number of pyridine rings is 1. The number of imidazole rings is 1. The first kappa shape index (κ1) is 22.8. The molecular formula is C26H23FN8O2. The van der Waals surface area contributed by atoms with Crippen LogP contribution in [0.4, 0.5) is 16.0 Å². The Morgan fingerprint density at radius 1 is 1.03 bits per heavy atom. The van der Waals surface area contributed by atoms with Gasteiger partial charge in [-0.3, -0.25) is 9.48 Å². The number of amides is 1. The molecule has 1 aliphatic rings. The number of fused-ring (bicyclic) bond motifs is 1. The summed E-state index contributed by atoms with van der Waals surface area (Å²) in [5.74, 6) is 0.527. The Morgan fingerprint density at radius 2 is 1.84 bits per heavy atom. The molecule has 37 heavy (non-hydrogen) atoms. The fraction of sp³-hybridized carbons (Fsp3) is 0.192. The monoisotopic (exact) mass is 498 g/mol. The molecule has 6 rings (SSSR count). The number of hydrogen-bond acceptors (Lipinski definition) is 7. The van der Waals surface area contributed by atoms with E-state index in [4.69, 9.17) is 4.74 Å². The Hall–Kier alpha value is -4.64. The fourth-order valence-electron chi connectivity index (χ4n) is 4.30. The molecule has 0 spiro atoms. The van der Waals surface area contributed by atoms with Crippen molar-refractivity contribution in [3.8, 4) is 22.5 Å². The number of benzene rings is 1. The number of nitrogens with one attached hydrogen (secondary N) is 1. The smallest absolute Gasteiger partial charge is 0.257 e. The van der Waals surface area contributed by atoms with Gasteiger partial charge in [-0.25, -0.2) is 18.9 Å². The van der Waals surface area contributed by atoms with Crippen LogP contribution in [0.5, 0.6) is 0 Å². The van der Waals surface area contributed by atoms with E-state index in [9.17, 15) is 9.18 Å². The van der Waals surface area contributed by atoms with Gasteiger partial charge in [-0.2, -0.15) is 10.2 Å². The molecular weight excluding hydrogens is 475 g/mol. The summed E-state index contributed by atoms with van der Waals surface area (Å²) in [6.07, 6.45) is 5.15. The van der Waals surface area contributed by atoms with E-state index in [1.165, 1.54) is 12.1 Å². The topological polar surface area (TPSA) is 102 Å². The number of nitrogens with zero attached hydrogens (tertiary/aromatic N) is 7. The summed E-state index contributed by atoms with van der Waals surface area (Å²) < 4.78 is 22.1. The number of aryl methyl sites for hydroxylation is 1. The highest BCUT2D eigenvalue weighted by Gasteiger charge is 2.17. The molecule has 11 heteroatoms. The third-order valence-corrected chi connectivity index (χ3v) is 6.13. The molecule has 0 atom stereocenters. The number of carbonyl (C=O) groups is 1. The Kier molecular flexibility index (Phi) is 5.81. The van der Waals surface area contributed by atoms with Crippen LogP contribution in [0.2, 0.25) is 0 Å². The van der Waals surface area contributed by atoms with E-state index in [2.05, 4.69) is 30.4 Å². The average Bonchev–Trinajstić information content (AvgIpc) is 3.52. The normalized spacial score (nSPS) is 13.7. The molecule has 0 unspecified atom stereocenters. The molecule has 1 amide bonds. The van der Waals surface area contributed by atoms with Gasteiger partial charge in [0.1, 0.15) is 17.3 Å². The minimum atomic E-state index is -0.308. The van der Waals surface area contributed by atoms with Gasteiger partial charge in [0.15, 0.2) is 11.5 Å². The molecule has 1 aromatic carbocycles. The van der Waals surface area contributed by atoms with Crippen molar-refractivity contribution in [2.45, 2.75) is 0 Å². The van der Waals surface area contributed by atoms with Crippen LogP contribution in [0, 0.1) is 5.82 Å². The molecule has 1 aliphatic heterocycles. The highest BCUT2D eigenvalue weighted by atomic mass is 19.1. The van der Waals surface area contributed by atoms with Crippen LogP contribution >= 0.6 is 0 Å². The van der Waals surface area contributed by atoms with Crippen molar-refractivity contribution in [3.63, 3.8) is 0 Å². The van der Waals surface area contributed by atoms with Crippen LogP contribution in [0.25, 0.3) is 28.2 Å². The number of halogens is 1. The summed E-state index contributed by atoms with van der Waals surface area (Å²) in [4.78, 5) is 23.9. The van der Waals surface area contributed by atoms with Gasteiger partial charge >= 0.3 is 0 Å². The Morgan fingerprint density at radius 3 is 2.65 bits per heavy atom. The molecule has 186 valence electrons. The van der Waals surface area contributed by atoms with E-state index in [0.29, 0.717) is 41.6 Å². The van der Waals surface area contributed by atoms with E-state index in [1.807, 2.05) is 25.4 Å². The lowest BCUT2D eigenvalue weighted by molar-refractivity contribution is 0.102. The molecule has 0 radical (unpaired) electrons. The zero-order valence-corrected chi connectivity index (χ0v) is 20.0. The Labute approximate surface area is 211 Å². The molecule has 1 saturated heterocycles. The van der Waals surface area contributed by atoms with Crippen LogP contribution in [0.3, 0.4) is 0 Å². The van der Waals surface area contributed by atoms with Gasteiger partial charge < -0.3 is 15.0 Å². The maximum Gasteiger partial charge on any atom is 0.257 e. The second-order valence-electron chi connectivity index (χ2n) is 8.68. The molecule has 4 aromatic heterocycles. The van der Waals surface area contributed by atoms with E-state index in [0.717, 1.165) is 30.0 Å². The van der Waals surface area contributed by atoms with Gasteiger partial charge in [-0.15, -0.1) is 0 Å². The van der Waals surface area contributed by atoms with Crippen LogP contribution in [0.1, 0.15) is 10.4 Å². The van der Waals surface area contributed by atoms with Crippen molar-refractivity contribution in [2.24, 2.45) is 7.05 Å². The van der Waals surface area contributed by atoms with Gasteiger partial charge in [0.2, 0.25) is 0 Å². The van der Waals surface area contributed by atoms with Gasteiger partial charge in [0, 0.05) is 49.2 Å². The van der Waals surface area contributed by atoms with Crippen molar-refractivity contribution in [2.75, 3.05) is 36.5 Å². The molecule has 0 bridgehead atoms. The standard InChI is InChI=1S/C26H23FN8O2/c1-33-15-20(25(32-33)17-2-4-19(27)5-3-17)21-6-7-23-29-22(16-35(23)31-21)30-26(36)18-8-9-28-24(14-18)34-10-12-37-13-11-34/h2-9,14-16H,10-13H2,1H3,(H,30,36). The number of rotatable bonds is 5. The van der Waals surface area contributed by atoms with E-state index >= 15 is 0 Å². The summed E-state index contributed by atoms with van der Waals surface area (Å²) in [5.41, 5.74) is 4.00. The minimum Gasteiger partial charge on any atom is -0.378 e. The lowest BCUT2D eigenvalue weighted by atomic mass is 10.1. The summed E-state index contributed by atoms with van der Waals surface area (Å²) in [6, 6.07) is 13.3. The van der Waals surface area contributed by atoms with Gasteiger partial charge in [-0.05, 0) is 48.5 Å². The van der Waals surface area contributed by atoms with Crippen molar-refractivity contribution in [1.82, 2.24) is 29.4 Å². The third kappa shape index (κ3) is 4.64. The average molecular weight is 499 g/mol. The van der Waals surface area contributed by atoms with Crippen LogP contribution in [-0.4, -0.2) is 61.6 Å². The molecule has 1 fully saturated rings. The highest BCUT2D eigenvalue weighted by molar-refractivity contribution is 6.04. The first-order valence-electron chi connectivity index (χ1n) is 11.8. The van der Waals surface area contributed by atoms with Crippen molar-refractivity contribution < 1.29 is 13.9 Å². The van der Waals surface area contributed by atoms with Crippen molar-refractivity contribution in [3.05, 3.63) is 78.5 Å². The quantitative estimate of drug-likeness (QED) is 0.396. The second-order valence-corrected chi connectivity index (χ2v) is 8.68. The van der Waals surface area contributed by atoms with Gasteiger partial charge in [0.05, 0.1) is 25.1 Å². The van der Waals surface area contributed by atoms with E-state index in [1.54, 1.807) is 45.9 Å². The van der Waals surface area contributed by atoms with Crippen molar-refractivity contribution in [1.29, 1.82) is 0 Å².